The number of nitrogens with zero attached hydrogens (tertiary/aromatic N) is 3. The molecule has 23 heavy (non-hydrogen) atoms. The molecule has 0 aliphatic carbocycles. The number of rotatable bonds is 4. The molecule has 1 aromatic carbocycles. The van der Waals surface area contributed by atoms with Gasteiger partial charge in [-0.3, -0.25) is 0 Å². The molecule has 2 heterocycles. The van der Waals surface area contributed by atoms with Crippen molar-refractivity contribution in [3.63, 3.8) is 0 Å². The maximum atomic E-state index is 4.72. The van der Waals surface area contributed by atoms with E-state index in [0.717, 1.165) is 34.0 Å². The molecule has 1 N–H and O–H groups in total. The zero-order chi connectivity index (χ0) is 16.6. The monoisotopic (exact) mass is 326 g/mol. The Labute approximate surface area is 141 Å². The van der Waals surface area contributed by atoms with E-state index in [-0.39, 0.29) is 0 Å². The van der Waals surface area contributed by atoms with E-state index < -0.39 is 0 Å². The van der Waals surface area contributed by atoms with Crippen LogP contribution in [0.2, 0.25) is 0 Å². The molecule has 0 aliphatic heterocycles. The lowest BCUT2D eigenvalue weighted by Gasteiger charge is -2.14. The molecule has 0 amide bonds. The maximum absolute atomic E-state index is 4.72. The van der Waals surface area contributed by atoms with Crippen LogP contribution in [0, 0.1) is 13.8 Å². The summed E-state index contributed by atoms with van der Waals surface area (Å²) in [4.78, 5) is 13.9. The number of aryl methyl sites for hydroxylation is 3. The summed E-state index contributed by atoms with van der Waals surface area (Å²) in [6.45, 7) is 6.37. The summed E-state index contributed by atoms with van der Waals surface area (Å²) in [7, 11) is 4.09. The third kappa shape index (κ3) is 3.01. The molecule has 0 saturated carbocycles. The number of nitrogens with one attached hydrogen (secondary N) is 1. The highest BCUT2D eigenvalue weighted by atomic mass is 32.1. The van der Waals surface area contributed by atoms with Gasteiger partial charge < -0.3 is 10.2 Å². The van der Waals surface area contributed by atoms with Crippen LogP contribution in [0.4, 0.5) is 17.2 Å². The second kappa shape index (κ2) is 6.16. The van der Waals surface area contributed by atoms with Gasteiger partial charge in [-0.25, -0.2) is 9.97 Å². The molecule has 120 valence electrons. The summed E-state index contributed by atoms with van der Waals surface area (Å²) >= 11 is 1.74. The third-order valence-electron chi connectivity index (χ3n) is 4.04. The van der Waals surface area contributed by atoms with Gasteiger partial charge in [-0.1, -0.05) is 6.92 Å². The van der Waals surface area contributed by atoms with E-state index in [0.29, 0.717) is 0 Å². The molecule has 2 aromatic heterocycles. The summed E-state index contributed by atoms with van der Waals surface area (Å²) in [5, 5.41) is 4.62. The van der Waals surface area contributed by atoms with Gasteiger partial charge in [0.05, 0.1) is 5.39 Å². The highest BCUT2D eigenvalue weighted by Crippen LogP contribution is 2.34. The lowest BCUT2D eigenvalue weighted by molar-refractivity contribution is 0.967. The molecule has 0 aliphatic rings. The zero-order valence-electron chi connectivity index (χ0n) is 14.3. The van der Waals surface area contributed by atoms with Gasteiger partial charge in [-0.15, -0.1) is 11.3 Å². The normalized spacial score (nSPS) is 11.0. The Morgan fingerprint density at radius 3 is 2.39 bits per heavy atom. The van der Waals surface area contributed by atoms with Crippen LogP contribution in [-0.2, 0) is 6.42 Å². The van der Waals surface area contributed by atoms with Crippen molar-refractivity contribution in [1.29, 1.82) is 0 Å². The number of benzene rings is 1. The van der Waals surface area contributed by atoms with Gasteiger partial charge in [0.15, 0.2) is 0 Å². The minimum absolute atomic E-state index is 0.834. The van der Waals surface area contributed by atoms with Crippen molar-refractivity contribution < 1.29 is 0 Å². The van der Waals surface area contributed by atoms with Crippen LogP contribution in [0.5, 0.6) is 0 Å². The highest BCUT2D eigenvalue weighted by Gasteiger charge is 2.14. The fraction of sp³-hybridized carbons (Fsp3) is 0.333. The number of aromatic nitrogens is 2. The van der Waals surface area contributed by atoms with Gasteiger partial charge in [0.25, 0.3) is 0 Å². The summed E-state index contributed by atoms with van der Waals surface area (Å²) in [6, 6.07) is 8.38. The predicted molar refractivity (Wildman–Crippen MR) is 100 cm³/mol. The Bertz CT molecular complexity index is 834. The van der Waals surface area contributed by atoms with Crippen LogP contribution in [0.1, 0.15) is 23.2 Å². The molecular formula is C18H22N4S. The fourth-order valence-electron chi connectivity index (χ4n) is 2.52. The first-order chi connectivity index (χ1) is 11.0. The Kier molecular flexibility index (Phi) is 4.22. The van der Waals surface area contributed by atoms with Crippen LogP contribution in [0.15, 0.2) is 24.3 Å². The second-order valence-corrected chi connectivity index (χ2v) is 7.07. The molecule has 0 saturated heterocycles. The lowest BCUT2D eigenvalue weighted by Crippen LogP contribution is -2.08. The molecule has 0 atom stereocenters. The maximum Gasteiger partial charge on any atom is 0.143 e. The molecule has 0 radical (unpaired) electrons. The quantitative estimate of drug-likeness (QED) is 0.756. The van der Waals surface area contributed by atoms with E-state index in [4.69, 9.17) is 4.98 Å². The minimum Gasteiger partial charge on any atom is -0.378 e. The largest absolute Gasteiger partial charge is 0.378 e. The summed E-state index contributed by atoms with van der Waals surface area (Å²) in [5.74, 6) is 1.79. The van der Waals surface area contributed by atoms with Crippen molar-refractivity contribution in [3.8, 4) is 0 Å². The number of anilines is 3. The summed E-state index contributed by atoms with van der Waals surface area (Å²) in [6.07, 6.45) is 0.834. The first-order valence-electron chi connectivity index (χ1n) is 7.80. The molecule has 0 spiro atoms. The Morgan fingerprint density at radius 2 is 1.78 bits per heavy atom. The number of fused-ring (bicyclic) bond motifs is 1. The van der Waals surface area contributed by atoms with Crippen molar-refractivity contribution in [3.05, 3.63) is 40.5 Å². The molecule has 3 aromatic rings. The van der Waals surface area contributed by atoms with E-state index in [2.05, 4.69) is 60.2 Å². The summed E-state index contributed by atoms with van der Waals surface area (Å²) < 4.78 is 0. The average Bonchev–Trinajstić information content (AvgIpc) is 2.82. The van der Waals surface area contributed by atoms with Crippen LogP contribution in [-0.4, -0.2) is 24.1 Å². The first-order valence-corrected chi connectivity index (χ1v) is 8.62. The molecule has 0 unspecified atom stereocenters. The standard InChI is InChI=1S/C18H22N4S/c1-6-15-20-17(16-11(2)12(3)23-18(16)21-15)19-13-7-9-14(10-8-13)22(4)5/h7-10H,6H2,1-5H3,(H,19,20,21). The third-order valence-corrected chi connectivity index (χ3v) is 5.14. The van der Waals surface area contributed by atoms with E-state index >= 15 is 0 Å². The Hall–Kier alpha value is -2.14. The lowest BCUT2D eigenvalue weighted by atomic mass is 10.2. The second-order valence-electron chi connectivity index (χ2n) is 5.87. The topological polar surface area (TPSA) is 41.1 Å². The predicted octanol–water partition coefficient (Wildman–Crippen LogP) is 4.68. The van der Waals surface area contributed by atoms with Gasteiger partial charge in [0.2, 0.25) is 0 Å². The number of hydrogen-bond acceptors (Lipinski definition) is 5. The molecular weight excluding hydrogens is 304 g/mol. The number of thiophene rings is 1. The van der Waals surface area contributed by atoms with Gasteiger partial charge in [-0.2, -0.15) is 0 Å². The van der Waals surface area contributed by atoms with Gasteiger partial charge in [0, 0.05) is 36.8 Å². The van der Waals surface area contributed by atoms with E-state index in [1.54, 1.807) is 11.3 Å². The number of hydrogen-bond donors (Lipinski definition) is 1. The molecule has 0 fully saturated rings. The van der Waals surface area contributed by atoms with Crippen molar-refractivity contribution in [2.45, 2.75) is 27.2 Å². The zero-order valence-corrected chi connectivity index (χ0v) is 15.1. The summed E-state index contributed by atoms with van der Waals surface area (Å²) in [5.41, 5.74) is 3.49. The Morgan fingerprint density at radius 1 is 1.09 bits per heavy atom. The van der Waals surface area contributed by atoms with E-state index in [9.17, 15) is 0 Å². The van der Waals surface area contributed by atoms with Gasteiger partial charge in [0.1, 0.15) is 16.5 Å². The molecule has 4 nitrogen and oxygen atoms in total. The minimum atomic E-state index is 0.834. The van der Waals surface area contributed by atoms with Crippen LogP contribution in [0.3, 0.4) is 0 Å². The SMILES string of the molecule is CCc1nc(Nc2ccc(N(C)C)cc2)c2c(C)c(C)sc2n1. The van der Waals surface area contributed by atoms with Crippen LogP contribution in [0.25, 0.3) is 10.2 Å². The van der Waals surface area contributed by atoms with Crippen molar-refractivity contribution in [2.75, 3.05) is 24.3 Å². The Balaban J connectivity index is 2.04. The van der Waals surface area contributed by atoms with Crippen molar-refractivity contribution >= 4 is 38.7 Å². The van der Waals surface area contributed by atoms with Crippen LogP contribution < -0.4 is 10.2 Å². The van der Waals surface area contributed by atoms with Crippen LogP contribution >= 0.6 is 11.3 Å². The highest BCUT2D eigenvalue weighted by molar-refractivity contribution is 7.18. The smallest absolute Gasteiger partial charge is 0.143 e. The van der Waals surface area contributed by atoms with E-state index in [1.165, 1.54) is 16.1 Å². The van der Waals surface area contributed by atoms with Gasteiger partial charge in [-0.05, 0) is 43.7 Å². The first kappa shape index (κ1) is 15.7. The van der Waals surface area contributed by atoms with Gasteiger partial charge >= 0.3 is 0 Å². The average molecular weight is 326 g/mol. The molecule has 0 bridgehead atoms. The fourth-order valence-corrected chi connectivity index (χ4v) is 3.57. The van der Waals surface area contributed by atoms with Crippen molar-refractivity contribution in [2.24, 2.45) is 0 Å². The molecule has 3 rings (SSSR count). The van der Waals surface area contributed by atoms with E-state index in [1.807, 2.05) is 14.1 Å². The molecule has 5 heteroatoms. The van der Waals surface area contributed by atoms with Crippen molar-refractivity contribution in [1.82, 2.24) is 9.97 Å².